The molecule has 0 radical (unpaired) electrons. The molecule has 5 amide bonds. The van der Waals surface area contributed by atoms with Crippen LogP contribution >= 0.6 is 11.3 Å². The molecule has 430 valence electrons. The number of carbonyl (C=O) groups is 8. The Morgan fingerprint density at radius 1 is 0.889 bits per heavy atom. The number of carboxylic acids is 1. The minimum absolute atomic E-state index is 0.0202. The summed E-state index contributed by atoms with van der Waals surface area (Å²) in [4.78, 5) is 106. The molecule has 4 heterocycles. The zero-order chi connectivity index (χ0) is 57.7. The monoisotopic (exact) mass is 1140 g/mol. The Kier molecular flexibility index (Phi) is 16.0. The van der Waals surface area contributed by atoms with Gasteiger partial charge in [-0.25, -0.2) is 14.6 Å². The van der Waals surface area contributed by atoms with Crippen molar-refractivity contribution in [3.8, 4) is 5.75 Å². The lowest BCUT2D eigenvalue weighted by atomic mass is 9.46. The summed E-state index contributed by atoms with van der Waals surface area (Å²) in [5.74, 6) is -4.91. The molecule has 2 saturated heterocycles. The minimum Gasteiger partial charge on any atom is -0.479 e. The number of aliphatic hydroxyl groups excluding tert-OH is 5. The highest BCUT2D eigenvalue weighted by Gasteiger charge is 2.76. The number of hydrogen-bond donors (Lipinski definition) is 9. The first-order valence-electron chi connectivity index (χ1n) is 26.5. The lowest BCUT2D eigenvalue weighted by molar-refractivity contribution is -0.271. The van der Waals surface area contributed by atoms with E-state index >= 15 is 0 Å². The number of ketones is 2. The molecule has 3 saturated carbocycles. The maximum atomic E-state index is 14.0. The van der Waals surface area contributed by atoms with E-state index in [-0.39, 0.29) is 79.1 Å². The van der Waals surface area contributed by atoms with Crippen LogP contribution in [0.25, 0.3) is 0 Å². The van der Waals surface area contributed by atoms with Gasteiger partial charge in [0.15, 0.2) is 34.7 Å². The molecule has 9 N–H and O–H groups in total. The van der Waals surface area contributed by atoms with Crippen LogP contribution in [-0.4, -0.2) is 156 Å². The lowest BCUT2D eigenvalue weighted by Crippen LogP contribution is -2.63. The zero-order valence-electron chi connectivity index (χ0n) is 43.9. The average molecular weight is 1140 g/mol. The smallest absolute Gasteiger partial charge is 0.413 e. The van der Waals surface area contributed by atoms with Crippen molar-refractivity contribution in [1.29, 1.82) is 0 Å². The van der Waals surface area contributed by atoms with E-state index in [1.165, 1.54) is 18.2 Å². The van der Waals surface area contributed by atoms with Crippen LogP contribution in [0, 0.1) is 28.6 Å². The number of hydrogen-bond acceptors (Lipinski definition) is 20. The van der Waals surface area contributed by atoms with Crippen LogP contribution in [0.5, 0.6) is 5.75 Å². The molecule has 14 atom stereocenters. The molecule has 10 rings (SSSR count). The van der Waals surface area contributed by atoms with Crippen LogP contribution in [0.4, 0.5) is 15.6 Å². The Bertz CT molecular complexity index is 3110. The summed E-state index contributed by atoms with van der Waals surface area (Å²) < 4.78 is 29.8. The van der Waals surface area contributed by atoms with Gasteiger partial charge in [0.05, 0.1) is 23.6 Å². The maximum Gasteiger partial charge on any atom is 0.413 e. The summed E-state index contributed by atoms with van der Waals surface area (Å²) in [6.45, 7) is 2.60. The number of benzene rings is 2. The fourth-order valence-corrected chi connectivity index (χ4v) is 13.9. The first-order chi connectivity index (χ1) is 38.6. The normalized spacial score (nSPS) is 32.7. The average Bonchev–Trinajstić information content (AvgIpc) is 4.39. The predicted octanol–water partition coefficient (Wildman–Crippen LogP) is 2.12. The summed E-state index contributed by atoms with van der Waals surface area (Å²) in [6.07, 6.45) is -3.63. The SMILES string of the molecule is C[C@]12C=CC(=O)C=C1CC[C@@H]1[C@@H]2[C@@H](O)C[C@@]2(C)[C@H]1C[C@H]1O[C@@H](c3ccc(Cc4csc(NC(=O)OCc5ccc(O[C@@H]6O[C@H](C(=O)O)[C@@H](O)[C@H](O)[C@H]6O)c(NC(=O)CCNC(=O)CCN6C(=O)C=CC6=O)c5)n4)cc3)O[C@]12C(=O)CO. The molecule has 4 aliphatic carbocycles. The van der Waals surface area contributed by atoms with Crippen LogP contribution < -0.4 is 20.7 Å². The number of nitrogens with one attached hydrogen (secondary N) is 3. The Hall–Kier alpha value is -7.07. The molecule has 0 spiro atoms. The van der Waals surface area contributed by atoms with E-state index in [9.17, 15) is 69.0 Å². The molecule has 24 nitrogen and oxygen atoms in total. The van der Waals surface area contributed by atoms with Gasteiger partial charge in [-0.1, -0.05) is 55.8 Å². The van der Waals surface area contributed by atoms with Crippen molar-refractivity contribution in [3.63, 3.8) is 0 Å². The van der Waals surface area contributed by atoms with E-state index in [0.717, 1.165) is 45.9 Å². The number of anilines is 2. The summed E-state index contributed by atoms with van der Waals surface area (Å²) in [5, 5.41) is 72.7. The molecular weight excluding hydrogens is 1080 g/mol. The fourth-order valence-electron chi connectivity index (χ4n) is 13.2. The summed E-state index contributed by atoms with van der Waals surface area (Å²) in [5.41, 5.74) is 0.501. The van der Waals surface area contributed by atoms with Gasteiger partial charge in [0.2, 0.25) is 18.1 Å². The van der Waals surface area contributed by atoms with E-state index in [4.69, 9.17) is 23.7 Å². The van der Waals surface area contributed by atoms with Gasteiger partial charge in [-0.3, -0.25) is 39.0 Å². The molecule has 3 aliphatic heterocycles. The number of aromatic nitrogens is 1. The van der Waals surface area contributed by atoms with Crippen molar-refractivity contribution in [1.82, 2.24) is 15.2 Å². The van der Waals surface area contributed by atoms with Crippen LogP contribution in [0.3, 0.4) is 0 Å². The molecule has 5 fully saturated rings. The van der Waals surface area contributed by atoms with Gasteiger partial charge in [-0.2, -0.15) is 0 Å². The lowest BCUT2D eigenvalue weighted by Gasteiger charge is -2.59. The highest BCUT2D eigenvalue weighted by Crippen LogP contribution is 2.70. The number of imide groups is 1. The second kappa shape index (κ2) is 22.7. The summed E-state index contributed by atoms with van der Waals surface area (Å²) >= 11 is 1.15. The zero-order valence-corrected chi connectivity index (χ0v) is 44.7. The number of thiazole rings is 1. The molecule has 81 heavy (non-hydrogen) atoms. The predicted molar refractivity (Wildman–Crippen MR) is 280 cm³/mol. The van der Waals surface area contributed by atoms with Gasteiger partial charge in [0.25, 0.3) is 11.8 Å². The van der Waals surface area contributed by atoms with Crippen molar-refractivity contribution in [3.05, 3.63) is 106 Å². The van der Waals surface area contributed by atoms with Gasteiger partial charge < -0.3 is 65.0 Å². The number of amides is 5. The second-order valence-electron chi connectivity index (χ2n) is 21.8. The van der Waals surface area contributed by atoms with Gasteiger partial charge in [0.1, 0.15) is 37.3 Å². The largest absolute Gasteiger partial charge is 0.479 e. The van der Waals surface area contributed by atoms with Crippen molar-refractivity contribution >= 4 is 69.4 Å². The molecular formula is C56H61N5O19S. The van der Waals surface area contributed by atoms with Crippen molar-refractivity contribution in [2.75, 3.05) is 30.3 Å². The third kappa shape index (κ3) is 10.8. The second-order valence-corrected chi connectivity index (χ2v) is 22.7. The number of aliphatic carboxylic acids is 1. The Labute approximate surface area is 466 Å². The minimum atomic E-state index is -2.00. The van der Waals surface area contributed by atoms with E-state index in [0.29, 0.717) is 36.1 Å². The van der Waals surface area contributed by atoms with Gasteiger partial charge in [-0.15, -0.1) is 11.3 Å². The Balaban J connectivity index is 0.745. The molecule has 7 aliphatic rings. The van der Waals surface area contributed by atoms with E-state index < -0.39 is 114 Å². The van der Waals surface area contributed by atoms with Crippen LogP contribution in [0.1, 0.15) is 81.0 Å². The van der Waals surface area contributed by atoms with Gasteiger partial charge in [0, 0.05) is 72.2 Å². The number of allylic oxidation sites excluding steroid dienone is 4. The number of rotatable bonds is 18. The van der Waals surface area contributed by atoms with Gasteiger partial charge >= 0.3 is 12.1 Å². The fraction of sp³-hybridized carbons (Fsp3) is 0.482. The van der Waals surface area contributed by atoms with E-state index in [1.807, 2.05) is 37.3 Å². The quantitative estimate of drug-likeness (QED) is 0.0824. The molecule has 0 unspecified atom stereocenters. The highest BCUT2D eigenvalue weighted by molar-refractivity contribution is 7.13. The maximum absolute atomic E-state index is 14.0. The van der Waals surface area contributed by atoms with Crippen molar-refractivity contribution < 1.29 is 92.7 Å². The number of carbonyl (C=O) groups excluding carboxylic acids is 7. The summed E-state index contributed by atoms with van der Waals surface area (Å²) in [6, 6.07) is 11.5. The molecule has 25 heteroatoms. The topological polar surface area (TPSA) is 356 Å². The number of aliphatic hydroxyl groups is 5. The van der Waals surface area contributed by atoms with Crippen molar-refractivity contribution in [2.45, 2.75) is 120 Å². The number of Topliss-reactive ketones (excluding diaryl/α,β-unsaturated/α-hetero) is 1. The third-order valence-corrected chi connectivity index (χ3v) is 17.9. The number of fused-ring (bicyclic) bond motifs is 7. The Morgan fingerprint density at radius 3 is 2.36 bits per heavy atom. The molecule has 1 aromatic heterocycles. The first-order valence-corrected chi connectivity index (χ1v) is 27.4. The van der Waals surface area contributed by atoms with E-state index in [2.05, 4.69) is 27.9 Å². The number of nitrogens with zero attached hydrogens (tertiary/aromatic N) is 2. The molecule has 3 aromatic rings. The summed E-state index contributed by atoms with van der Waals surface area (Å²) in [7, 11) is 0. The van der Waals surface area contributed by atoms with Crippen LogP contribution in [0.2, 0.25) is 0 Å². The first kappa shape index (κ1) is 57.2. The number of ether oxygens (including phenoxy) is 5. The van der Waals surface area contributed by atoms with E-state index in [1.54, 1.807) is 17.5 Å². The van der Waals surface area contributed by atoms with Crippen LogP contribution in [0.15, 0.2) is 83.8 Å². The standard InChI is InChI=1S/C56H61N5O19S/c1-54-16-13-32(63)21-30(54)8-9-33-34-22-39-56(38(65)24-62,55(34,2)23-36(64)44(33)54)80-50(78-39)29-6-3-27(4-7-29)19-31-26-81-52(58-31)60-53(75)76-25-28-5-10-37(77-51-47(72)45(70)46(71)48(79-51)49(73)74)35(20-28)59-41(67)14-17-57-40(66)15-18-61-42(68)11-12-43(61)69/h3-7,10-13,16,20-21,26,33-34,36,39,44-48,50-51,62,64,70-72H,8-9,14-15,17-19,22-25H2,1-2H3,(H,57,66)(H,59,67)(H,73,74)(H,58,60,75)/t33-,34-,36-,39+,44+,45-,46-,47+,48-,50+,51+,54-,55-,56+/m0/s1. The Morgan fingerprint density at radius 2 is 1.63 bits per heavy atom. The molecule has 0 bridgehead atoms. The molecule has 2 aromatic carbocycles. The highest BCUT2D eigenvalue weighted by atomic mass is 32.1. The van der Waals surface area contributed by atoms with Crippen molar-refractivity contribution in [2.24, 2.45) is 28.6 Å². The van der Waals surface area contributed by atoms with Crippen LogP contribution in [-0.2, 0) is 65.5 Å². The number of carboxylic acid groups (broad SMARTS) is 1. The third-order valence-electron chi connectivity index (χ3n) is 17.1. The van der Waals surface area contributed by atoms with Gasteiger partial charge in [-0.05, 0) is 72.9 Å².